The molecular formula is C21H30ClN3. The summed E-state index contributed by atoms with van der Waals surface area (Å²) in [6, 6.07) is 7.49. The van der Waals surface area contributed by atoms with Crippen molar-refractivity contribution in [1.29, 1.82) is 0 Å². The van der Waals surface area contributed by atoms with E-state index in [1.54, 1.807) is 0 Å². The molecule has 0 saturated heterocycles. The lowest BCUT2D eigenvalue weighted by Gasteiger charge is -2.41. The van der Waals surface area contributed by atoms with Gasteiger partial charge in [0.1, 0.15) is 0 Å². The van der Waals surface area contributed by atoms with Crippen molar-refractivity contribution in [1.82, 2.24) is 9.78 Å². The van der Waals surface area contributed by atoms with Gasteiger partial charge in [-0.05, 0) is 50.3 Å². The van der Waals surface area contributed by atoms with Crippen LogP contribution in [-0.4, -0.2) is 15.8 Å². The lowest BCUT2D eigenvalue weighted by atomic mass is 9.90. The van der Waals surface area contributed by atoms with Crippen LogP contribution in [0.1, 0.15) is 69.5 Å². The Hall–Kier alpha value is -1.48. The molecule has 0 N–H and O–H groups in total. The molecule has 3 rings (SSSR count). The van der Waals surface area contributed by atoms with Crippen molar-refractivity contribution in [2.75, 3.05) is 4.90 Å². The van der Waals surface area contributed by atoms with Gasteiger partial charge in [-0.2, -0.15) is 5.10 Å². The van der Waals surface area contributed by atoms with Crippen LogP contribution in [0.5, 0.6) is 0 Å². The first-order chi connectivity index (χ1) is 12.1. The van der Waals surface area contributed by atoms with Gasteiger partial charge < -0.3 is 4.90 Å². The minimum Gasteiger partial charge on any atom is -0.359 e. The standard InChI is InChI=1S/C21H30ClN3/c1-4-21(17-12-11-16(3)20(22)13-17)25(18-9-7-6-8-10-18)19-14-23-24(5-2)15-19/h11-15,18,21H,4-10H2,1-3H3. The largest absolute Gasteiger partial charge is 0.359 e. The molecule has 1 atom stereocenters. The molecule has 0 amide bonds. The van der Waals surface area contributed by atoms with Crippen molar-refractivity contribution in [3.8, 4) is 0 Å². The molecule has 0 bridgehead atoms. The maximum absolute atomic E-state index is 6.44. The zero-order chi connectivity index (χ0) is 17.8. The molecule has 1 unspecified atom stereocenters. The van der Waals surface area contributed by atoms with Gasteiger partial charge in [0.25, 0.3) is 0 Å². The summed E-state index contributed by atoms with van der Waals surface area (Å²) in [5.41, 5.74) is 3.70. The van der Waals surface area contributed by atoms with E-state index in [4.69, 9.17) is 11.6 Å². The predicted octanol–water partition coefficient (Wildman–Crippen LogP) is 6.16. The molecule has 0 spiro atoms. The molecule has 25 heavy (non-hydrogen) atoms. The van der Waals surface area contributed by atoms with Crippen LogP contribution >= 0.6 is 11.6 Å². The van der Waals surface area contributed by atoms with Gasteiger partial charge in [0.2, 0.25) is 0 Å². The smallest absolute Gasteiger partial charge is 0.0760 e. The monoisotopic (exact) mass is 359 g/mol. The van der Waals surface area contributed by atoms with Crippen LogP contribution in [0.15, 0.2) is 30.6 Å². The van der Waals surface area contributed by atoms with E-state index in [0.29, 0.717) is 12.1 Å². The van der Waals surface area contributed by atoms with Gasteiger partial charge in [0.05, 0.1) is 17.9 Å². The summed E-state index contributed by atoms with van der Waals surface area (Å²) >= 11 is 6.44. The molecule has 1 aromatic heterocycles. The SMILES string of the molecule is CCC(c1ccc(C)c(Cl)c1)N(c1cnn(CC)c1)C1CCCCC1. The van der Waals surface area contributed by atoms with Crippen molar-refractivity contribution in [2.45, 2.75) is 77.9 Å². The molecule has 4 heteroatoms. The number of nitrogens with zero attached hydrogens (tertiary/aromatic N) is 3. The van der Waals surface area contributed by atoms with E-state index in [9.17, 15) is 0 Å². The zero-order valence-corrected chi connectivity index (χ0v) is 16.5. The second kappa shape index (κ2) is 8.27. The number of halogens is 1. The Bertz CT molecular complexity index is 688. The summed E-state index contributed by atoms with van der Waals surface area (Å²) in [6.45, 7) is 7.39. The van der Waals surface area contributed by atoms with Gasteiger partial charge in [-0.25, -0.2) is 0 Å². The van der Waals surface area contributed by atoms with E-state index < -0.39 is 0 Å². The van der Waals surface area contributed by atoms with Crippen molar-refractivity contribution >= 4 is 17.3 Å². The fourth-order valence-electron chi connectivity index (χ4n) is 4.07. The van der Waals surface area contributed by atoms with E-state index in [0.717, 1.165) is 23.6 Å². The lowest BCUT2D eigenvalue weighted by molar-refractivity contribution is 0.385. The highest BCUT2D eigenvalue weighted by Gasteiger charge is 2.29. The first kappa shape index (κ1) is 18.3. The third kappa shape index (κ3) is 4.03. The third-order valence-electron chi connectivity index (χ3n) is 5.51. The maximum Gasteiger partial charge on any atom is 0.0760 e. The van der Waals surface area contributed by atoms with Crippen LogP contribution < -0.4 is 4.90 Å². The minimum absolute atomic E-state index is 0.343. The summed E-state index contributed by atoms with van der Waals surface area (Å²) in [5.74, 6) is 0. The zero-order valence-electron chi connectivity index (χ0n) is 15.7. The van der Waals surface area contributed by atoms with Crippen LogP contribution in [0.3, 0.4) is 0 Å². The Morgan fingerprint density at radius 1 is 1.24 bits per heavy atom. The van der Waals surface area contributed by atoms with Crippen molar-refractivity contribution in [3.63, 3.8) is 0 Å². The van der Waals surface area contributed by atoms with Crippen molar-refractivity contribution in [2.24, 2.45) is 0 Å². The number of aromatic nitrogens is 2. The topological polar surface area (TPSA) is 21.1 Å². The van der Waals surface area contributed by atoms with E-state index >= 15 is 0 Å². The van der Waals surface area contributed by atoms with Gasteiger partial charge in [-0.1, -0.05) is 49.9 Å². The molecule has 1 heterocycles. The first-order valence-corrected chi connectivity index (χ1v) is 10.1. The van der Waals surface area contributed by atoms with E-state index in [2.05, 4.69) is 55.2 Å². The average molecular weight is 360 g/mol. The van der Waals surface area contributed by atoms with Crippen LogP contribution in [0.4, 0.5) is 5.69 Å². The normalized spacial score (nSPS) is 16.8. The fourth-order valence-corrected chi connectivity index (χ4v) is 4.26. The van der Waals surface area contributed by atoms with Gasteiger partial charge in [-0.3, -0.25) is 4.68 Å². The highest BCUT2D eigenvalue weighted by molar-refractivity contribution is 6.31. The number of rotatable bonds is 6. The van der Waals surface area contributed by atoms with Crippen LogP contribution in [0.2, 0.25) is 5.02 Å². The number of benzene rings is 1. The Balaban J connectivity index is 1.99. The molecule has 1 fully saturated rings. The Morgan fingerprint density at radius 2 is 2.00 bits per heavy atom. The van der Waals surface area contributed by atoms with Crippen LogP contribution in [0.25, 0.3) is 0 Å². The molecule has 136 valence electrons. The number of hydrogen-bond acceptors (Lipinski definition) is 2. The highest BCUT2D eigenvalue weighted by atomic mass is 35.5. The quantitative estimate of drug-likeness (QED) is 0.616. The third-order valence-corrected chi connectivity index (χ3v) is 5.92. The molecule has 1 aromatic carbocycles. The van der Waals surface area contributed by atoms with Crippen molar-refractivity contribution < 1.29 is 0 Å². The van der Waals surface area contributed by atoms with E-state index in [1.165, 1.54) is 43.4 Å². The molecular weight excluding hydrogens is 330 g/mol. The first-order valence-electron chi connectivity index (χ1n) is 9.70. The second-order valence-corrected chi connectivity index (χ2v) is 7.59. The number of aryl methyl sites for hydroxylation is 2. The average Bonchev–Trinajstić information content (AvgIpc) is 3.11. The summed E-state index contributed by atoms with van der Waals surface area (Å²) in [4.78, 5) is 2.62. The predicted molar refractivity (Wildman–Crippen MR) is 106 cm³/mol. The van der Waals surface area contributed by atoms with E-state index in [-0.39, 0.29) is 0 Å². The Kier molecular flexibility index (Phi) is 6.06. The summed E-state index contributed by atoms with van der Waals surface area (Å²) < 4.78 is 2.03. The summed E-state index contributed by atoms with van der Waals surface area (Å²) in [7, 11) is 0. The van der Waals surface area contributed by atoms with Crippen molar-refractivity contribution in [3.05, 3.63) is 46.7 Å². The molecule has 1 aliphatic rings. The summed E-state index contributed by atoms with van der Waals surface area (Å²) in [6.07, 6.45) is 11.9. The van der Waals surface area contributed by atoms with Gasteiger partial charge >= 0.3 is 0 Å². The Morgan fingerprint density at radius 3 is 2.60 bits per heavy atom. The summed E-state index contributed by atoms with van der Waals surface area (Å²) in [5, 5.41) is 5.41. The molecule has 0 aliphatic heterocycles. The molecule has 1 saturated carbocycles. The molecule has 2 aromatic rings. The maximum atomic E-state index is 6.44. The van der Waals surface area contributed by atoms with Crippen LogP contribution in [0, 0.1) is 6.92 Å². The number of hydrogen-bond donors (Lipinski definition) is 0. The lowest BCUT2D eigenvalue weighted by Crippen LogP contribution is -2.39. The number of anilines is 1. The second-order valence-electron chi connectivity index (χ2n) is 7.19. The van der Waals surface area contributed by atoms with Crippen LogP contribution in [-0.2, 0) is 6.54 Å². The molecule has 3 nitrogen and oxygen atoms in total. The van der Waals surface area contributed by atoms with Gasteiger partial charge in [0.15, 0.2) is 0 Å². The Labute approximate surface area is 157 Å². The minimum atomic E-state index is 0.343. The van der Waals surface area contributed by atoms with Gasteiger partial charge in [-0.15, -0.1) is 0 Å². The molecule has 1 aliphatic carbocycles. The fraction of sp³-hybridized carbons (Fsp3) is 0.571. The van der Waals surface area contributed by atoms with Gasteiger partial charge in [0, 0.05) is 23.8 Å². The highest BCUT2D eigenvalue weighted by Crippen LogP contribution is 2.37. The van der Waals surface area contributed by atoms with E-state index in [1.807, 2.05) is 10.9 Å². The molecule has 0 radical (unpaired) electrons.